The van der Waals surface area contributed by atoms with Crippen LogP contribution in [0, 0.1) is 0 Å². The van der Waals surface area contributed by atoms with Gasteiger partial charge in [-0.15, -0.1) is 6.58 Å². The van der Waals surface area contributed by atoms with Crippen molar-refractivity contribution < 1.29 is 19.4 Å². The Balaban J connectivity index is 1.86. The van der Waals surface area contributed by atoms with Crippen LogP contribution in [0.5, 0.6) is 5.75 Å². The van der Waals surface area contributed by atoms with Crippen molar-refractivity contribution in [3.8, 4) is 5.75 Å². The number of carbonyl (C=O) groups is 1. The van der Waals surface area contributed by atoms with Gasteiger partial charge in [0.05, 0.1) is 11.7 Å². The fourth-order valence-electron chi connectivity index (χ4n) is 2.49. The maximum Gasteiger partial charge on any atom is 0.338 e. The smallest absolute Gasteiger partial charge is 0.338 e. The predicted octanol–water partition coefficient (Wildman–Crippen LogP) is 3.83. The van der Waals surface area contributed by atoms with Gasteiger partial charge in [0.25, 0.3) is 0 Å². The average molecular weight is 369 g/mol. The third-order valence-electron chi connectivity index (χ3n) is 3.75. The first-order chi connectivity index (χ1) is 13.0. The fourth-order valence-corrected chi connectivity index (χ4v) is 2.49. The SMILES string of the molecule is C=CCc1ccccc1OCC(O)CNc1cccc(C(=O)OC(C)C)c1. The number of esters is 1. The largest absolute Gasteiger partial charge is 0.491 e. The quantitative estimate of drug-likeness (QED) is 0.492. The van der Waals surface area contributed by atoms with Crippen LogP contribution in [0.2, 0.25) is 0 Å². The van der Waals surface area contributed by atoms with Crippen molar-refractivity contribution in [1.29, 1.82) is 0 Å². The average Bonchev–Trinajstić information content (AvgIpc) is 2.65. The Morgan fingerprint density at radius 3 is 2.74 bits per heavy atom. The highest BCUT2D eigenvalue weighted by molar-refractivity contribution is 5.90. The van der Waals surface area contributed by atoms with Crippen LogP contribution in [0.15, 0.2) is 61.2 Å². The van der Waals surface area contributed by atoms with Crippen LogP contribution < -0.4 is 10.1 Å². The number of aliphatic hydroxyl groups is 1. The molecule has 2 rings (SSSR count). The molecule has 0 fully saturated rings. The highest BCUT2D eigenvalue weighted by Crippen LogP contribution is 2.19. The molecule has 0 amide bonds. The Labute approximate surface area is 160 Å². The molecule has 1 unspecified atom stereocenters. The molecule has 1 atom stereocenters. The topological polar surface area (TPSA) is 67.8 Å². The maximum atomic E-state index is 12.0. The van der Waals surface area contributed by atoms with E-state index in [0.29, 0.717) is 18.5 Å². The van der Waals surface area contributed by atoms with E-state index in [1.54, 1.807) is 18.2 Å². The lowest BCUT2D eigenvalue weighted by molar-refractivity contribution is 0.0378. The summed E-state index contributed by atoms with van der Waals surface area (Å²) in [6.45, 7) is 7.82. The molecule has 2 N–H and O–H groups in total. The minimum Gasteiger partial charge on any atom is -0.491 e. The van der Waals surface area contributed by atoms with Gasteiger partial charge in [-0.05, 0) is 50.1 Å². The Morgan fingerprint density at radius 2 is 2.00 bits per heavy atom. The molecule has 0 radical (unpaired) electrons. The van der Waals surface area contributed by atoms with Gasteiger partial charge in [0, 0.05) is 12.2 Å². The zero-order chi connectivity index (χ0) is 19.6. The van der Waals surface area contributed by atoms with Crippen molar-refractivity contribution in [2.75, 3.05) is 18.5 Å². The van der Waals surface area contributed by atoms with Crippen molar-refractivity contribution in [2.24, 2.45) is 0 Å². The molecule has 0 spiro atoms. The highest BCUT2D eigenvalue weighted by atomic mass is 16.5. The van der Waals surface area contributed by atoms with Crippen LogP contribution in [0.3, 0.4) is 0 Å². The van der Waals surface area contributed by atoms with Crippen LogP contribution >= 0.6 is 0 Å². The van der Waals surface area contributed by atoms with E-state index in [9.17, 15) is 9.90 Å². The normalized spacial score (nSPS) is 11.7. The summed E-state index contributed by atoms with van der Waals surface area (Å²) in [5.74, 6) is 0.381. The van der Waals surface area contributed by atoms with Crippen LogP contribution in [-0.2, 0) is 11.2 Å². The third kappa shape index (κ3) is 6.79. The van der Waals surface area contributed by atoms with Gasteiger partial charge < -0.3 is 19.9 Å². The molecule has 0 saturated carbocycles. The number of ether oxygens (including phenoxy) is 2. The second-order valence-electron chi connectivity index (χ2n) is 6.48. The van der Waals surface area contributed by atoms with Gasteiger partial charge in [-0.1, -0.05) is 30.3 Å². The van der Waals surface area contributed by atoms with Crippen molar-refractivity contribution in [3.63, 3.8) is 0 Å². The number of allylic oxidation sites excluding steroid dienone is 1. The summed E-state index contributed by atoms with van der Waals surface area (Å²) in [6.07, 6.45) is 1.66. The van der Waals surface area contributed by atoms with E-state index >= 15 is 0 Å². The standard InChI is InChI=1S/C22H27NO4/c1-4-8-17-9-5-6-12-21(17)26-15-20(24)14-23-19-11-7-10-18(13-19)22(25)27-16(2)3/h4-7,9-13,16,20,23-24H,1,8,14-15H2,2-3H3. The zero-order valence-electron chi connectivity index (χ0n) is 15.9. The van der Waals surface area contributed by atoms with Gasteiger partial charge in [-0.25, -0.2) is 4.79 Å². The summed E-state index contributed by atoms with van der Waals surface area (Å²) in [6, 6.07) is 14.7. The maximum absolute atomic E-state index is 12.0. The fraction of sp³-hybridized carbons (Fsp3) is 0.318. The third-order valence-corrected chi connectivity index (χ3v) is 3.75. The Hall–Kier alpha value is -2.79. The molecule has 0 aliphatic heterocycles. The van der Waals surface area contributed by atoms with E-state index in [0.717, 1.165) is 17.0 Å². The number of nitrogens with one attached hydrogen (secondary N) is 1. The Kier molecular flexibility index (Phi) is 7.89. The summed E-state index contributed by atoms with van der Waals surface area (Å²) in [7, 11) is 0. The first kappa shape index (κ1) is 20.5. The van der Waals surface area contributed by atoms with E-state index in [1.807, 2.05) is 50.3 Å². The lowest BCUT2D eigenvalue weighted by atomic mass is 10.1. The van der Waals surface area contributed by atoms with Gasteiger partial charge in [0.15, 0.2) is 0 Å². The molecule has 0 saturated heterocycles. The van der Waals surface area contributed by atoms with Crippen molar-refractivity contribution >= 4 is 11.7 Å². The summed E-state index contributed by atoms with van der Waals surface area (Å²) in [4.78, 5) is 12.0. The van der Waals surface area contributed by atoms with E-state index in [4.69, 9.17) is 9.47 Å². The summed E-state index contributed by atoms with van der Waals surface area (Å²) in [5.41, 5.74) is 2.24. The van der Waals surface area contributed by atoms with Crippen LogP contribution in [0.4, 0.5) is 5.69 Å². The summed E-state index contributed by atoms with van der Waals surface area (Å²) < 4.78 is 10.9. The van der Waals surface area contributed by atoms with Crippen molar-refractivity contribution in [2.45, 2.75) is 32.5 Å². The summed E-state index contributed by atoms with van der Waals surface area (Å²) >= 11 is 0. The van der Waals surface area contributed by atoms with E-state index in [-0.39, 0.29) is 18.7 Å². The van der Waals surface area contributed by atoms with Gasteiger partial charge in [0.2, 0.25) is 0 Å². The first-order valence-electron chi connectivity index (χ1n) is 9.04. The lowest BCUT2D eigenvalue weighted by Gasteiger charge is -2.16. The minimum atomic E-state index is -0.701. The van der Waals surface area contributed by atoms with Crippen molar-refractivity contribution in [1.82, 2.24) is 0 Å². The monoisotopic (exact) mass is 369 g/mol. The molecule has 2 aromatic rings. The molecular formula is C22H27NO4. The van der Waals surface area contributed by atoms with Crippen LogP contribution in [-0.4, -0.2) is 36.4 Å². The lowest BCUT2D eigenvalue weighted by Crippen LogP contribution is -2.26. The predicted molar refractivity (Wildman–Crippen MR) is 107 cm³/mol. The zero-order valence-corrected chi connectivity index (χ0v) is 15.9. The van der Waals surface area contributed by atoms with Crippen LogP contribution in [0.1, 0.15) is 29.8 Å². The number of hydrogen-bond acceptors (Lipinski definition) is 5. The number of benzene rings is 2. The number of hydrogen-bond donors (Lipinski definition) is 2. The number of rotatable bonds is 10. The molecule has 0 heterocycles. The van der Waals surface area contributed by atoms with Gasteiger partial charge in [-0.2, -0.15) is 0 Å². The van der Waals surface area contributed by atoms with Gasteiger partial charge in [-0.3, -0.25) is 0 Å². The van der Waals surface area contributed by atoms with E-state index in [1.165, 1.54) is 0 Å². The van der Waals surface area contributed by atoms with Gasteiger partial charge >= 0.3 is 5.97 Å². The molecule has 144 valence electrons. The first-order valence-corrected chi connectivity index (χ1v) is 9.04. The Bertz CT molecular complexity index is 757. The van der Waals surface area contributed by atoms with Crippen molar-refractivity contribution in [3.05, 3.63) is 72.3 Å². The minimum absolute atomic E-state index is 0.163. The van der Waals surface area contributed by atoms with Gasteiger partial charge in [0.1, 0.15) is 18.5 Å². The molecular weight excluding hydrogens is 342 g/mol. The van der Waals surface area contributed by atoms with Crippen LogP contribution in [0.25, 0.3) is 0 Å². The van der Waals surface area contributed by atoms with E-state index in [2.05, 4.69) is 11.9 Å². The molecule has 5 nitrogen and oxygen atoms in total. The number of anilines is 1. The molecule has 0 aliphatic rings. The summed E-state index contributed by atoms with van der Waals surface area (Å²) in [5, 5.41) is 13.3. The molecule has 5 heteroatoms. The molecule has 0 aliphatic carbocycles. The second kappa shape index (κ2) is 10.4. The molecule has 0 bridgehead atoms. The highest BCUT2D eigenvalue weighted by Gasteiger charge is 2.11. The second-order valence-corrected chi connectivity index (χ2v) is 6.48. The molecule has 27 heavy (non-hydrogen) atoms. The number of carbonyl (C=O) groups excluding carboxylic acids is 1. The Morgan fingerprint density at radius 1 is 1.22 bits per heavy atom. The number of para-hydroxylation sites is 1. The molecule has 2 aromatic carbocycles. The molecule has 0 aromatic heterocycles. The van der Waals surface area contributed by atoms with E-state index < -0.39 is 6.10 Å². The number of aliphatic hydroxyl groups excluding tert-OH is 1.